The van der Waals surface area contributed by atoms with Gasteiger partial charge >= 0.3 is 0 Å². The number of aromatic nitrogens is 2. The van der Waals surface area contributed by atoms with Crippen LogP contribution in [-0.2, 0) is 13.1 Å². The number of methoxy groups -OCH3 is 2. The number of nitrogens with zero attached hydrogens (tertiary/aromatic N) is 2. The predicted molar refractivity (Wildman–Crippen MR) is 124 cm³/mol. The number of carbonyl (C=O) groups is 1. The van der Waals surface area contributed by atoms with Crippen LogP contribution in [0.1, 0.15) is 21.5 Å². The van der Waals surface area contributed by atoms with Gasteiger partial charge in [0.05, 0.1) is 32.0 Å². The zero-order valence-electron chi connectivity index (χ0n) is 18.1. The molecule has 6 nitrogen and oxygen atoms in total. The van der Waals surface area contributed by atoms with E-state index >= 15 is 0 Å². The molecule has 0 unspecified atom stereocenters. The Bertz CT molecular complexity index is 1190. The van der Waals surface area contributed by atoms with Crippen LogP contribution in [0, 0.1) is 0 Å². The predicted octanol–water partition coefficient (Wildman–Crippen LogP) is 4.55. The minimum Gasteiger partial charge on any atom is -0.497 e. The average Bonchev–Trinajstić information content (AvgIpc) is 3.25. The van der Waals surface area contributed by atoms with Gasteiger partial charge in [-0.05, 0) is 23.8 Å². The van der Waals surface area contributed by atoms with Gasteiger partial charge in [0.15, 0.2) is 0 Å². The van der Waals surface area contributed by atoms with Crippen LogP contribution >= 0.6 is 0 Å². The van der Waals surface area contributed by atoms with Gasteiger partial charge in [-0.3, -0.25) is 9.48 Å². The summed E-state index contributed by atoms with van der Waals surface area (Å²) >= 11 is 0. The molecular weight excluding hydrogens is 402 g/mol. The van der Waals surface area contributed by atoms with Gasteiger partial charge in [-0.1, -0.05) is 60.7 Å². The van der Waals surface area contributed by atoms with E-state index in [1.165, 1.54) is 0 Å². The van der Waals surface area contributed by atoms with Crippen molar-refractivity contribution in [3.8, 4) is 22.8 Å². The van der Waals surface area contributed by atoms with Gasteiger partial charge in [0.2, 0.25) is 0 Å². The Morgan fingerprint density at radius 3 is 2.34 bits per heavy atom. The monoisotopic (exact) mass is 427 g/mol. The van der Waals surface area contributed by atoms with Gasteiger partial charge in [0.25, 0.3) is 5.91 Å². The SMILES string of the molecule is COc1ccc(OC)c(C(=O)NCc2cn(Cc3ccccc3)nc2-c2ccccc2)c1. The van der Waals surface area contributed by atoms with E-state index in [2.05, 4.69) is 17.4 Å². The Kier molecular flexibility index (Phi) is 6.51. The van der Waals surface area contributed by atoms with Crippen LogP contribution in [0.4, 0.5) is 0 Å². The van der Waals surface area contributed by atoms with Crippen LogP contribution in [0.15, 0.2) is 85.1 Å². The number of amides is 1. The zero-order chi connectivity index (χ0) is 22.3. The molecule has 1 heterocycles. The van der Waals surface area contributed by atoms with Crippen LogP contribution in [0.2, 0.25) is 0 Å². The summed E-state index contributed by atoms with van der Waals surface area (Å²) in [6, 6.07) is 25.3. The standard InChI is InChI=1S/C26H25N3O3/c1-31-22-13-14-24(32-2)23(15-22)26(30)27-16-21-18-29(17-19-9-5-3-6-10-19)28-25(21)20-11-7-4-8-12-20/h3-15,18H,16-17H2,1-2H3,(H,27,30). The fourth-order valence-corrected chi connectivity index (χ4v) is 3.54. The molecule has 0 saturated heterocycles. The molecule has 0 saturated carbocycles. The third-order valence-electron chi connectivity index (χ3n) is 5.16. The molecule has 0 aliphatic heterocycles. The van der Waals surface area contributed by atoms with Gasteiger partial charge in [-0.15, -0.1) is 0 Å². The minimum atomic E-state index is -0.240. The Labute approximate surface area is 187 Å². The van der Waals surface area contributed by atoms with Crippen molar-refractivity contribution < 1.29 is 14.3 Å². The summed E-state index contributed by atoms with van der Waals surface area (Å²) in [5.74, 6) is 0.846. The topological polar surface area (TPSA) is 65.4 Å². The highest BCUT2D eigenvalue weighted by molar-refractivity contribution is 5.97. The Balaban J connectivity index is 1.59. The summed E-state index contributed by atoms with van der Waals surface area (Å²) < 4.78 is 12.5. The van der Waals surface area contributed by atoms with Crippen LogP contribution in [0.3, 0.4) is 0 Å². The molecule has 0 aliphatic carbocycles. The summed E-state index contributed by atoms with van der Waals surface area (Å²) in [6.07, 6.45) is 1.98. The molecule has 0 atom stereocenters. The molecule has 0 spiro atoms. The summed E-state index contributed by atoms with van der Waals surface area (Å²) in [5.41, 5.74) is 4.36. The number of hydrogen-bond donors (Lipinski definition) is 1. The molecule has 1 amide bonds. The zero-order valence-corrected chi connectivity index (χ0v) is 18.1. The Morgan fingerprint density at radius 1 is 0.938 bits per heavy atom. The molecule has 162 valence electrons. The van der Waals surface area contributed by atoms with Crippen LogP contribution < -0.4 is 14.8 Å². The van der Waals surface area contributed by atoms with Gasteiger partial charge in [0, 0.05) is 23.9 Å². The first-order valence-electron chi connectivity index (χ1n) is 10.3. The molecular formula is C26H25N3O3. The van der Waals surface area contributed by atoms with E-state index in [0.29, 0.717) is 30.2 Å². The summed E-state index contributed by atoms with van der Waals surface area (Å²) in [7, 11) is 3.11. The second kappa shape index (κ2) is 9.83. The number of hydrogen-bond acceptors (Lipinski definition) is 4. The van der Waals surface area contributed by atoms with E-state index in [1.54, 1.807) is 32.4 Å². The van der Waals surface area contributed by atoms with E-state index in [9.17, 15) is 4.79 Å². The first-order chi connectivity index (χ1) is 15.7. The molecule has 1 N–H and O–H groups in total. The van der Waals surface area contributed by atoms with Gasteiger partial charge in [-0.2, -0.15) is 5.10 Å². The van der Waals surface area contributed by atoms with Gasteiger partial charge in [0.1, 0.15) is 11.5 Å². The van der Waals surface area contributed by atoms with Crippen molar-refractivity contribution in [1.29, 1.82) is 0 Å². The van der Waals surface area contributed by atoms with E-state index in [1.807, 2.05) is 59.4 Å². The van der Waals surface area contributed by atoms with Gasteiger partial charge in [-0.25, -0.2) is 0 Å². The second-order valence-corrected chi connectivity index (χ2v) is 7.30. The molecule has 6 heteroatoms. The van der Waals surface area contributed by atoms with Crippen molar-refractivity contribution >= 4 is 5.91 Å². The van der Waals surface area contributed by atoms with Crippen molar-refractivity contribution in [3.05, 3.63) is 102 Å². The molecule has 0 aliphatic rings. The number of nitrogens with one attached hydrogen (secondary N) is 1. The summed E-state index contributed by atoms with van der Waals surface area (Å²) in [4.78, 5) is 12.9. The molecule has 0 fully saturated rings. The first-order valence-corrected chi connectivity index (χ1v) is 10.3. The summed E-state index contributed by atoms with van der Waals surface area (Å²) in [6.45, 7) is 0.983. The number of carbonyl (C=O) groups excluding carboxylic acids is 1. The highest BCUT2D eigenvalue weighted by Crippen LogP contribution is 2.25. The van der Waals surface area contributed by atoms with Gasteiger partial charge < -0.3 is 14.8 Å². The maximum absolute atomic E-state index is 12.9. The number of ether oxygens (including phenoxy) is 2. The third kappa shape index (κ3) is 4.81. The summed E-state index contributed by atoms with van der Waals surface area (Å²) in [5, 5.41) is 7.81. The molecule has 0 radical (unpaired) electrons. The smallest absolute Gasteiger partial charge is 0.255 e. The van der Waals surface area contributed by atoms with E-state index in [0.717, 1.165) is 22.4 Å². The quantitative estimate of drug-likeness (QED) is 0.448. The molecule has 1 aromatic heterocycles. The van der Waals surface area contributed by atoms with E-state index in [-0.39, 0.29) is 5.91 Å². The van der Waals surface area contributed by atoms with Crippen LogP contribution in [-0.4, -0.2) is 29.9 Å². The normalized spacial score (nSPS) is 10.6. The maximum atomic E-state index is 12.9. The Morgan fingerprint density at radius 2 is 1.66 bits per heavy atom. The number of benzene rings is 3. The highest BCUT2D eigenvalue weighted by atomic mass is 16.5. The number of rotatable bonds is 8. The van der Waals surface area contributed by atoms with E-state index < -0.39 is 0 Å². The molecule has 4 rings (SSSR count). The fraction of sp³-hybridized carbons (Fsp3) is 0.154. The Hall–Kier alpha value is -4.06. The third-order valence-corrected chi connectivity index (χ3v) is 5.16. The van der Waals surface area contributed by atoms with Crippen molar-refractivity contribution in [1.82, 2.24) is 15.1 Å². The lowest BCUT2D eigenvalue weighted by Gasteiger charge is -2.11. The fourth-order valence-electron chi connectivity index (χ4n) is 3.54. The van der Waals surface area contributed by atoms with Crippen LogP contribution in [0.25, 0.3) is 11.3 Å². The van der Waals surface area contributed by atoms with Crippen LogP contribution in [0.5, 0.6) is 11.5 Å². The second-order valence-electron chi connectivity index (χ2n) is 7.30. The van der Waals surface area contributed by atoms with E-state index in [4.69, 9.17) is 14.6 Å². The lowest BCUT2D eigenvalue weighted by Crippen LogP contribution is -2.23. The van der Waals surface area contributed by atoms with Crippen molar-refractivity contribution in [2.75, 3.05) is 14.2 Å². The van der Waals surface area contributed by atoms with Crippen molar-refractivity contribution in [2.24, 2.45) is 0 Å². The largest absolute Gasteiger partial charge is 0.497 e. The first kappa shape index (κ1) is 21.2. The molecule has 3 aromatic carbocycles. The lowest BCUT2D eigenvalue weighted by molar-refractivity contribution is 0.0947. The minimum absolute atomic E-state index is 0.240. The molecule has 32 heavy (non-hydrogen) atoms. The average molecular weight is 428 g/mol. The van der Waals surface area contributed by atoms with Crippen molar-refractivity contribution in [2.45, 2.75) is 13.1 Å². The maximum Gasteiger partial charge on any atom is 0.255 e. The van der Waals surface area contributed by atoms with Crippen molar-refractivity contribution in [3.63, 3.8) is 0 Å². The molecule has 4 aromatic rings. The lowest BCUT2D eigenvalue weighted by atomic mass is 10.1. The highest BCUT2D eigenvalue weighted by Gasteiger charge is 2.16. The molecule has 0 bridgehead atoms.